The molecule has 142 valence electrons. The summed E-state index contributed by atoms with van der Waals surface area (Å²) in [4.78, 5) is 34.8. The standard InChI is InChI=1S/C20H24N4O3/c1-14-17(20(26)27-2)5-6-18(23-14)24-10-7-16(8-11-24)19(25)22-13-15-4-3-9-21-12-15/h3-6,9,12,16H,7-8,10-11,13H2,1-2H3,(H,22,25). The fourth-order valence-corrected chi connectivity index (χ4v) is 3.26. The van der Waals surface area contributed by atoms with Gasteiger partial charge in [0.2, 0.25) is 5.91 Å². The maximum absolute atomic E-state index is 12.4. The number of nitrogens with one attached hydrogen (secondary N) is 1. The zero-order valence-corrected chi connectivity index (χ0v) is 15.6. The summed E-state index contributed by atoms with van der Waals surface area (Å²) in [7, 11) is 1.36. The van der Waals surface area contributed by atoms with Gasteiger partial charge >= 0.3 is 5.97 Å². The van der Waals surface area contributed by atoms with Gasteiger partial charge in [0, 0.05) is 37.9 Å². The van der Waals surface area contributed by atoms with E-state index in [0.29, 0.717) is 17.8 Å². The first-order valence-electron chi connectivity index (χ1n) is 9.06. The van der Waals surface area contributed by atoms with Crippen LogP contribution in [0.25, 0.3) is 0 Å². The first-order valence-corrected chi connectivity index (χ1v) is 9.06. The minimum Gasteiger partial charge on any atom is -0.465 e. The lowest BCUT2D eigenvalue weighted by molar-refractivity contribution is -0.125. The van der Waals surface area contributed by atoms with E-state index in [1.54, 1.807) is 25.4 Å². The number of anilines is 1. The lowest BCUT2D eigenvalue weighted by Gasteiger charge is -2.32. The molecule has 7 nitrogen and oxygen atoms in total. The third-order valence-electron chi connectivity index (χ3n) is 4.86. The van der Waals surface area contributed by atoms with Crippen molar-refractivity contribution < 1.29 is 14.3 Å². The molecule has 7 heteroatoms. The van der Waals surface area contributed by atoms with Crippen LogP contribution in [0, 0.1) is 12.8 Å². The Labute approximate surface area is 158 Å². The summed E-state index contributed by atoms with van der Waals surface area (Å²) in [6, 6.07) is 7.39. The zero-order chi connectivity index (χ0) is 19.2. The van der Waals surface area contributed by atoms with Crippen molar-refractivity contribution in [2.45, 2.75) is 26.3 Å². The molecule has 0 unspecified atom stereocenters. The first kappa shape index (κ1) is 18.8. The molecule has 1 saturated heterocycles. The number of aryl methyl sites for hydroxylation is 1. The van der Waals surface area contributed by atoms with E-state index in [1.165, 1.54) is 7.11 Å². The van der Waals surface area contributed by atoms with Gasteiger partial charge < -0.3 is 15.0 Å². The van der Waals surface area contributed by atoms with E-state index in [2.05, 4.69) is 20.2 Å². The number of rotatable bonds is 5. The van der Waals surface area contributed by atoms with Crippen LogP contribution < -0.4 is 10.2 Å². The highest BCUT2D eigenvalue weighted by molar-refractivity contribution is 5.90. The number of esters is 1. The van der Waals surface area contributed by atoms with Gasteiger partial charge in [-0.15, -0.1) is 0 Å². The van der Waals surface area contributed by atoms with Crippen LogP contribution in [0.2, 0.25) is 0 Å². The Kier molecular flexibility index (Phi) is 6.01. The molecule has 3 rings (SSSR count). The largest absolute Gasteiger partial charge is 0.465 e. The molecule has 2 aromatic heterocycles. The monoisotopic (exact) mass is 368 g/mol. The third kappa shape index (κ3) is 4.61. The zero-order valence-electron chi connectivity index (χ0n) is 15.6. The first-order chi connectivity index (χ1) is 13.1. The SMILES string of the molecule is COC(=O)c1ccc(N2CCC(C(=O)NCc3cccnc3)CC2)nc1C. The Morgan fingerprint density at radius 3 is 2.67 bits per heavy atom. The highest BCUT2D eigenvalue weighted by Gasteiger charge is 2.26. The molecule has 1 N–H and O–H groups in total. The number of nitrogens with zero attached hydrogens (tertiary/aromatic N) is 3. The van der Waals surface area contributed by atoms with E-state index in [0.717, 1.165) is 37.3 Å². The highest BCUT2D eigenvalue weighted by Crippen LogP contribution is 2.23. The van der Waals surface area contributed by atoms with Gasteiger partial charge in [-0.25, -0.2) is 9.78 Å². The van der Waals surface area contributed by atoms with Crippen LogP contribution in [0.4, 0.5) is 5.82 Å². The molecule has 1 fully saturated rings. The van der Waals surface area contributed by atoms with E-state index >= 15 is 0 Å². The molecule has 0 bridgehead atoms. The number of aromatic nitrogens is 2. The highest BCUT2D eigenvalue weighted by atomic mass is 16.5. The van der Waals surface area contributed by atoms with Gasteiger partial charge in [-0.2, -0.15) is 0 Å². The van der Waals surface area contributed by atoms with E-state index < -0.39 is 0 Å². The summed E-state index contributed by atoms with van der Waals surface area (Å²) in [6.07, 6.45) is 5.03. The molecule has 0 radical (unpaired) electrons. The Morgan fingerprint density at radius 2 is 2.04 bits per heavy atom. The normalized spacial score (nSPS) is 14.7. The van der Waals surface area contributed by atoms with Crippen LogP contribution in [0.15, 0.2) is 36.7 Å². The molecule has 0 spiro atoms. The number of methoxy groups -OCH3 is 1. The van der Waals surface area contributed by atoms with Crippen molar-refractivity contribution >= 4 is 17.7 Å². The van der Waals surface area contributed by atoms with Gasteiger partial charge in [0.1, 0.15) is 5.82 Å². The van der Waals surface area contributed by atoms with Gasteiger partial charge in [-0.3, -0.25) is 9.78 Å². The maximum Gasteiger partial charge on any atom is 0.339 e. The second-order valence-corrected chi connectivity index (χ2v) is 6.63. The molecule has 0 atom stereocenters. The number of pyridine rings is 2. The van der Waals surface area contributed by atoms with Crippen LogP contribution >= 0.6 is 0 Å². The average molecular weight is 368 g/mol. The van der Waals surface area contributed by atoms with Crippen molar-refractivity contribution in [1.29, 1.82) is 0 Å². The molecule has 1 amide bonds. The Balaban J connectivity index is 1.53. The van der Waals surface area contributed by atoms with Gasteiger partial charge in [0.25, 0.3) is 0 Å². The summed E-state index contributed by atoms with van der Waals surface area (Å²) >= 11 is 0. The summed E-state index contributed by atoms with van der Waals surface area (Å²) in [5, 5.41) is 2.99. The quantitative estimate of drug-likeness (QED) is 0.814. The Bertz CT molecular complexity index is 802. The summed E-state index contributed by atoms with van der Waals surface area (Å²) in [5.41, 5.74) is 2.12. The van der Waals surface area contributed by atoms with Gasteiger partial charge in [-0.05, 0) is 43.5 Å². The van der Waals surface area contributed by atoms with E-state index in [9.17, 15) is 9.59 Å². The topological polar surface area (TPSA) is 84.4 Å². The molecule has 3 heterocycles. The fourth-order valence-electron chi connectivity index (χ4n) is 3.26. The number of ether oxygens (including phenoxy) is 1. The molecule has 1 aliphatic rings. The number of carbonyl (C=O) groups is 2. The smallest absolute Gasteiger partial charge is 0.339 e. The van der Waals surface area contributed by atoms with Crippen molar-refractivity contribution in [3.8, 4) is 0 Å². The lowest BCUT2D eigenvalue weighted by atomic mass is 9.95. The van der Waals surface area contributed by atoms with Crippen molar-refractivity contribution in [1.82, 2.24) is 15.3 Å². The van der Waals surface area contributed by atoms with Crippen LogP contribution in [-0.4, -0.2) is 42.0 Å². The van der Waals surface area contributed by atoms with E-state index in [1.807, 2.05) is 18.2 Å². The number of amides is 1. The molecule has 0 aliphatic carbocycles. The van der Waals surface area contributed by atoms with E-state index in [4.69, 9.17) is 4.74 Å². The summed E-state index contributed by atoms with van der Waals surface area (Å²) < 4.78 is 4.76. The van der Waals surface area contributed by atoms with Gasteiger partial charge in [0.05, 0.1) is 18.4 Å². The number of piperidine rings is 1. The predicted octanol–water partition coefficient (Wildman–Crippen LogP) is 2.10. The van der Waals surface area contributed by atoms with Crippen LogP contribution in [0.1, 0.15) is 34.5 Å². The van der Waals surface area contributed by atoms with Crippen molar-refractivity contribution in [2.24, 2.45) is 5.92 Å². The summed E-state index contributed by atoms with van der Waals surface area (Å²) in [5.74, 6) is 0.543. The Morgan fingerprint density at radius 1 is 1.26 bits per heavy atom. The molecular weight excluding hydrogens is 344 g/mol. The minimum atomic E-state index is -0.379. The number of carbonyl (C=O) groups excluding carboxylic acids is 2. The molecule has 0 saturated carbocycles. The van der Waals surface area contributed by atoms with Crippen molar-refractivity contribution in [2.75, 3.05) is 25.1 Å². The fraction of sp³-hybridized carbons (Fsp3) is 0.400. The minimum absolute atomic E-state index is 0.00774. The van der Waals surface area contributed by atoms with Crippen LogP contribution in [-0.2, 0) is 16.1 Å². The molecule has 27 heavy (non-hydrogen) atoms. The number of hydrogen-bond acceptors (Lipinski definition) is 6. The van der Waals surface area contributed by atoms with Gasteiger partial charge in [-0.1, -0.05) is 6.07 Å². The second-order valence-electron chi connectivity index (χ2n) is 6.63. The Hall–Kier alpha value is -2.96. The molecule has 1 aliphatic heterocycles. The van der Waals surface area contributed by atoms with E-state index in [-0.39, 0.29) is 17.8 Å². The third-order valence-corrected chi connectivity index (χ3v) is 4.86. The summed E-state index contributed by atoms with van der Waals surface area (Å²) in [6.45, 7) is 3.82. The molecule has 0 aromatic carbocycles. The van der Waals surface area contributed by atoms with Crippen molar-refractivity contribution in [3.63, 3.8) is 0 Å². The van der Waals surface area contributed by atoms with Gasteiger partial charge in [0.15, 0.2) is 0 Å². The molecular formula is C20H24N4O3. The molecule has 2 aromatic rings. The average Bonchev–Trinajstić information content (AvgIpc) is 2.72. The second kappa shape index (κ2) is 8.62. The van der Waals surface area contributed by atoms with Crippen LogP contribution in [0.3, 0.4) is 0 Å². The lowest BCUT2D eigenvalue weighted by Crippen LogP contribution is -2.40. The predicted molar refractivity (Wildman–Crippen MR) is 101 cm³/mol. The number of hydrogen-bond donors (Lipinski definition) is 1. The maximum atomic E-state index is 12.4. The van der Waals surface area contributed by atoms with Crippen LogP contribution in [0.5, 0.6) is 0 Å². The van der Waals surface area contributed by atoms with Crippen molar-refractivity contribution in [3.05, 3.63) is 53.5 Å².